The van der Waals surface area contributed by atoms with E-state index in [1.165, 1.54) is 6.07 Å². The van der Waals surface area contributed by atoms with Crippen molar-refractivity contribution in [2.24, 2.45) is 4.99 Å². The summed E-state index contributed by atoms with van der Waals surface area (Å²) in [7, 11) is 1.85. The van der Waals surface area contributed by atoms with Crippen molar-refractivity contribution in [3.8, 4) is 5.75 Å². The van der Waals surface area contributed by atoms with Crippen LogP contribution in [-0.4, -0.2) is 37.1 Å². The summed E-state index contributed by atoms with van der Waals surface area (Å²) in [6.07, 6.45) is -4.59. The van der Waals surface area contributed by atoms with Crippen LogP contribution in [0, 0.1) is 0 Å². The number of rotatable bonds is 4. The minimum atomic E-state index is -4.42. The van der Waals surface area contributed by atoms with Crippen molar-refractivity contribution in [3.63, 3.8) is 0 Å². The summed E-state index contributed by atoms with van der Waals surface area (Å²) < 4.78 is 45.0. The SMILES string of the molecule is CC(C)Oc1ccc(CNC2=NCCN2C)c(C(F)(F)F)c1. The fourth-order valence-corrected chi connectivity index (χ4v) is 2.22. The van der Waals surface area contributed by atoms with Gasteiger partial charge >= 0.3 is 6.18 Å². The van der Waals surface area contributed by atoms with Crippen LogP contribution in [0.4, 0.5) is 13.2 Å². The minimum Gasteiger partial charge on any atom is -0.491 e. The highest BCUT2D eigenvalue weighted by Crippen LogP contribution is 2.34. The molecule has 0 aromatic heterocycles. The molecule has 7 heteroatoms. The first-order chi connectivity index (χ1) is 10.3. The van der Waals surface area contributed by atoms with E-state index >= 15 is 0 Å². The number of halogens is 3. The van der Waals surface area contributed by atoms with E-state index in [1.807, 2.05) is 11.9 Å². The molecule has 22 heavy (non-hydrogen) atoms. The molecule has 1 aliphatic heterocycles. The molecular weight excluding hydrogens is 295 g/mol. The van der Waals surface area contributed by atoms with Gasteiger partial charge in [0.1, 0.15) is 5.75 Å². The Labute approximate surface area is 128 Å². The second kappa shape index (κ2) is 6.46. The van der Waals surface area contributed by atoms with Crippen molar-refractivity contribution in [2.45, 2.75) is 32.7 Å². The molecule has 4 nitrogen and oxygen atoms in total. The maximum atomic E-state index is 13.2. The predicted octanol–water partition coefficient (Wildman–Crippen LogP) is 2.88. The Kier molecular flexibility index (Phi) is 4.83. The number of guanidine groups is 1. The molecule has 0 amide bonds. The lowest BCUT2D eigenvalue weighted by Gasteiger charge is -2.19. The average Bonchev–Trinajstić information content (AvgIpc) is 2.81. The van der Waals surface area contributed by atoms with Crippen LogP contribution < -0.4 is 10.1 Å². The topological polar surface area (TPSA) is 36.9 Å². The van der Waals surface area contributed by atoms with Crippen LogP contribution in [0.5, 0.6) is 5.75 Å². The third-order valence-corrected chi connectivity index (χ3v) is 3.25. The van der Waals surface area contributed by atoms with Gasteiger partial charge in [-0.25, -0.2) is 0 Å². The number of aliphatic imine (C=N–C) groups is 1. The molecule has 0 saturated heterocycles. The number of ether oxygens (including phenoxy) is 1. The van der Waals surface area contributed by atoms with Crippen LogP contribution in [-0.2, 0) is 12.7 Å². The predicted molar refractivity (Wildman–Crippen MR) is 79.0 cm³/mol. The van der Waals surface area contributed by atoms with E-state index in [9.17, 15) is 13.2 Å². The molecule has 0 unspecified atom stereocenters. The van der Waals surface area contributed by atoms with Crippen LogP contribution in [0.25, 0.3) is 0 Å². The fourth-order valence-electron chi connectivity index (χ4n) is 2.22. The fraction of sp³-hybridized carbons (Fsp3) is 0.533. The van der Waals surface area contributed by atoms with Gasteiger partial charge in [-0.2, -0.15) is 13.2 Å². The summed E-state index contributed by atoms with van der Waals surface area (Å²) in [6, 6.07) is 4.06. The lowest BCUT2D eigenvalue weighted by Crippen LogP contribution is -2.35. The van der Waals surface area contributed by atoms with Gasteiger partial charge in [0, 0.05) is 20.1 Å². The Balaban J connectivity index is 2.18. The number of alkyl halides is 3. The van der Waals surface area contributed by atoms with E-state index in [4.69, 9.17) is 4.74 Å². The van der Waals surface area contributed by atoms with E-state index in [0.29, 0.717) is 12.5 Å². The molecule has 1 heterocycles. The smallest absolute Gasteiger partial charge is 0.416 e. The van der Waals surface area contributed by atoms with Crippen molar-refractivity contribution in [1.82, 2.24) is 10.2 Å². The molecule has 122 valence electrons. The lowest BCUT2D eigenvalue weighted by atomic mass is 10.1. The zero-order valence-electron chi connectivity index (χ0n) is 12.9. The zero-order valence-corrected chi connectivity index (χ0v) is 12.9. The Morgan fingerprint density at radius 1 is 1.36 bits per heavy atom. The lowest BCUT2D eigenvalue weighted by molar-refractivity contribution is -0.138. The Hall–Kier alpha value is -1.92. The molecule has 0 atom stereocenters. The van der Waals surface area contributed by atoms with Crippen molar-refractivity contribution >= 4 is 5.96 Å². The second-order valence-electron chi connectivity index (χ2n) is 5.46. The molecule has 1 aliphatic rings. The summed E-state index contributed by atoms with van der Waals surface area (Å²) in [5.74, 6) is 0.844. The average molecular weight is 315 g/mol. The van der Waals surface area contributed by atoms with E-state index in [2.05, 4.69) is 10.3 Å². The van der Waals surface area contributed by atoms with Crippen molar-refractivity contribution in [1.29, 1.82) is 0 Å². The van der Waals surface area contributed by atoms with Crippen LogP contribution in [0.1, 0.15) is 25.0 Å². The molecule has 0 radical (unpaired) electrons. The molecule has 1 aromatic carbocycles. The van der Waals surface area contributed by atoms with E-state index in [-0.39, 0.29) is 24.0 Å². The van der Waals surface area contributed by atoms with Crippen molar-refractivity contribution < 1.29 is 17.9 Å². The van der Waals surface area contributed by atoms with E-state index < -0.39 is 11.7 Å². The zero-order chi connectivity index (χ0) is 16.3. The quantitative estimate of drug-likeness (QED) is 0.928. The van der Waals surface area contributed by atoms with Gasteiger partial charge in [0.2, 0.25) is 0 Å². The number of likely N-dealkylation sites (N-methyl/N-ethyl adjacent to an activating group) is 1. The van der Waals surface area contributed by atoms with E-state index in [0.717, 1.165) is 12.6 Å². The van der Waals surface area contributed by atoms with Crippen molar-refractivity contribution in [2.75, 3.05) is 20.1 Å². The Morgan fingerprint density at radius 3 is 2.64 bits per heavy atom. The number of nitrogens with zero attached hydrogens (tertiary/aromatic N) is 2. The highest BCUT2D eigenvalue weighted by molar-refractivity contribution is 5.81. The maximum absolute atomic E-state index is 13.2. The second-order valence-corrected chi connectivity index (χ2v) is 5.46. The van der Waals surface area contributed by atoms with Crippen LogP contribution >= 0.6 is 0 Å². The van der Waals surface area contributed by atoms with Gasteiger partial charge in [0.25, 0.3) is 0 Å². The van der Waals surface area contributed by atoms with Crippen LogP contribution in [0.3, 0.4) is 0 Å². The summed E-state index contributed by atoms with van der Waals surface area (Å²) in [5, 5.41) is 2.96. The van der Waals surface area contributed by atoms with Gasteiger partial charge in [-0.1, -0.05) is 6.07 Å². The molecule has 0 fully saturated rings. The summed E-state index contributed by atoms with van der Waals surface area (Å²) >= 11 is 0. The normalized spacial score (nSPS) is 15.2. The Morgan fingerprint density at radius 2 is 2.09 bits per heavy atom. The molecule has 0 saturated carbocycles. The number of hydrogen-bond acceptors (Lipinski definition) is 4. The third kappa shape index (κ3) is 4.05. The molecular formula is C15H20F3N3O. The van der Waals surface area contributed by atoms with Gasteiger partial charge in [-0.3, -0.25) is 4.99 Å². The molecule has 2 rings (SSSR count). The van der Waals surface area contributed by atoms with Crippen molar-refractivity contribution in [3.05, 3.63) is 29.3 Å². The van der Waals surface area contributed by atoms with Crippen LogP contribution in [0.2, 0.25) is 0 Å². The number of hydrogen-bond donors (Lipinski definition) is 1. The monoisotopic (exact) mass is 315 g/mol. The number of nitrogens with one attached hydrogen (secondary N) is 1. The molecule has 0 spiro atoms. The largest absolute Gasteiger partial charge is 0.491 e. The first-order valence-electron chi connectivity index (χ1n) is 7.13. The number of benzene rings is 1. The molecule has 1 aromatic rings. The highest BCUT2D eigenvalue weighted by Gasteiger charge is 2.34. The van der Waals surface area contributed by atoms with Gasteiger partial charge in [-0.05, 0) is 31.5 Å². The summed E-state index contributed by atoms with van der Waals surface area (Å²) in [5.41, 5.74) is -0.508. The van der Waals surface area contributed by atoms with Gasteiger partial charge in [0.15, 0.2) is 5.96 Å². The minimum absolute atomic E-state index is 0.0694. The van der Waals surface area contributed by atoms with Gasteiger partial charge < -0.3 is 15.0 Å². The first kappa shape index (κ1) is 16.5. The molecule has 0 aliphatic carbocycles. The highest BCUT2D eigenvalue weighted by atomic mass is 19.4. The third-order valence-electron chi connectivity index (χ3n) is 3.25. The first-order valence-corrected chi connectivity index (χ1v) is 7.13. The summed E-state index contributed by atoms with van der Waals surface area (Å²) in [6.45, 7) is 5.05. The molecule has 1 N–H and O–H groups in total. The standard InChI is InChI=1S/C15H20F3N3O/c1-10(2)22-12-5-4-11(13(8-12)15(16,17)18)9-20-14-19-6-7-21(14)3/h4-5,8,10H,6-7,9H2,1-3H3,(H,19,20). The van der Waals surface area contributed by atoms with Gasteiger partial charge in [-0.15, -0.1) is 0 Å². The van der Waals surface area contributed by atoms with Gasteiger partial charge in [0.05, 0.1) is 18.2 Å². The Bertz CT molecular complexity index is 555. The maximum Gasteiger partial charge on any atom is 0.416 e. The van der Waals surface area contributed by atoms with E-state index in [1.54, 1.807) is 19.9 Å². The van der Waals surface area contributed by atoms with Crippen LogP contribution in [0.15, 0.2) is 23.2 Å². The summed E-state index contributed by atoms with van der Waals surface area (Å²) in [4.78, 5) is 6.08. The molecule has 0 bridgehead atoms.